The number of H-pyrrole nitrogens is 1. The molecule has 1 fully saturated rings. The first-order valence-electron chi connectivity index (χ1n) is 9.58. The zero-order chi connectivity index (χ0) is 19.5. The molecule has 4 rings (SSSR count). The summed E-state index contributed by atoms with van der Waals surface area (Å²) in [5, 5.41) is 0. The molecule has 0 spiro atoms. The third-order valence-electron chi connectivity index (χ3n) is 5.33. The molecule has 0 aliphatic carbocycles. The Morgan fingerprint density at radius 2 is 1.86 bits per heavy atom. The number of rotatable bonds is 5. The fourth-order valence-electron chi connectivity index (χ4n) is 3.67. The Hall–Kier alpha value is -2.83. The van der Waals surface area contributed by atoms with Crippen LogP contribution in [0.25, 0.3) is 22.6 Å². The van der Waals surface area contributed by atoms with Gasteiger partial charge in [0.15, 0.2) is 0 Å². The molecule has 1 aromatic carbocycles. The van der Waals surface area contributed by atoms with Crippen LogP contribution in [0.3, 0.4) is 0 Å². The van der Waals surface area contributed by atoms with Crippen molar-refractivity contribution in [1.29, 1.82) is 0 Å². The Bertz CT molecular complexity index is 982. The molecule has 1 aliphatic heterocycles. The van der Waals surface area contributed by atoms with Crippen LogP contribution in [0.15, 0.2) is 59.7 Å². The van der Waals surface area contributed by atoms with Crippen molar-refractivity contribution in [3.05, 3.63) is 70.8 Å². The van der Waals surface area contributed by atoms with Crippen molar-refractivity contribution in [3.8, 4) is 22.6 Å². The molecule has 0 amide bonds. The van der Waals surface area contributed by atoms with Crippen molar-refractivity contribution < 1.29 is 0 Å². The lowest BCUT2D eigenvalue weighted by molar-refractivity contribution is 0.264. The summed E-state index contributed by atoms with van der Waals surface area (Å²) in [4.78, 5) is 28.4. The van der Waals surface area contributed by atoms with Gasteiger partial charge in [0.05, 0.1) is 5.69 Å². The van der Waals surface area contributed by atoms with Crippen molar-refractivity contribution in [2.45, 2.75) is 19.0 Å². The highest BCUT2D eigenvalue weighted by Gasteiger charge is 2.23. The summed E-state index contributed by atoms with van der Waals surface area (Å²) in [5.41, 5.74) is 3.55. The molecule has 0 saturated carbocycles. The Balaban J connectivity index is 1.51. The second-order valence-electron chi connectivity index (χ2n) is 7.55. The fourth-order valence-corrected chi connectivity index (χ4v) is 3.67. The van der Waals surface area contributed by atoms with E-state index >= 15 is 0 Å². The first-order valence-corrected chi connectivity index (χ1v) is 9.58. The van der Waals surface area contributed by atoms with Crippen molar-refractivity contribution >= 4 is 0 Å². The van der Waals surface area contributed by atoms with E-state index in [-0.39, 0.29) is 5.56 Å². The highest BCUT2D eigenvalue weighted by atomic mass is 16.1. The molecule has 6 nitrogen and oxygen atoms in total. The van der Waals surface area contributed by atoms with E-state index in [0.717, 1.165) is 30.8 Å². The van der Waals surface area contributed by atoms with Crippen LogP contribution in [0, 0.1) is 0 Å². The van der Waals surface area contributed by atoms with Crippen LogP contribution in [-0.4, -0.2) is 58.0 Å². The normalized spacial score (nSPS) is 17.3. The quantitative estimate of drug-likeness (QED) is 0.743. The smallest absolute Gasteiger partial charge is 0.251 e. The molecule has 1 N–H and O–H groups in total. The van der Waals surface area contributed by atoms with Crippen LogP contribution >= 0.6 is 0 Å². The van der Waals surface area contributed by atoms with Crippen molar-refractivity contribution in [2.24, 2.45) is 0 Å². The first kappa shape index (κ1) is 18.5. The maximum absolute atomic E-state index is 12.1. The van der Waals surface area contributed by atoms with Gasteiger partial charge in [-0.2, -0.15) is 0 Å². The van der Waals surface area contributed by atoms with Crippen LogP contribution in [0.2, 0.25) is 0 Å². The number of likely N-dealkylation sites (N-methyl/N-ethyl adjacent to an activating group) is 1. The lowest BCUT2D eigenvalue weighted by atomic mass is 10.1. The maximum atomic E-state index is 12.1. The summed E-state index contributed by atoms with van der Waals surface area (Å²) >= 11 is 0. The van der Waals surface area contributed by atoms with Gasteiger partial charge in [-0.1, -0.05) is 24.3 Å². The monoisotopic (exact) mass is 375 g/mol. The summed E-state index contributed by atoms with van der Waals surface area (Å²) in [6, 6.07) is 14.2. The lowest BCUT2D eigenvalue weighted by Crippen LogP contribution is -2.31. The molecule has 144 valence electrons. The van der Waals surface area contributed by atoms with Gasteiger partial charge in [0.25, 0.3) is 5.56 Å². The summed E-state index contributed by atoms with van der Waals surface area (Å²) in [7, 11) is 4.30. The zero-order valence-electron chi connectivity index (χ0n) is 16.3. The number of pyridine rings is 1. The SMILES string of the molecule is CN(C)[C@@H]1CCN(Cc2ccc(-c3nc(-c4ccncc4)cc(=O)[nH]3)cc2)C1. The zero-order valence-corrected chi connectivity index (χ0v) is 16.3. The number of hydrogen-bond acceptors (Lipinski definition) is 5. The van der Waals surface area contributed by atoms with Crippen LogP contribution in [0.1, 0.15) is 12.0 Å². The average Bonchev–Trinajstić information content (AvgIpc) is 3.18. The number of likely N-dealkylation sites (tertiary alicyclic amines) is 1. The second kappa shape index (κ2) is 8.04. The van der Waals surface area contributed by atoms with E-state index in [4.69, 9.17) is 0 Å². The van der Waals surface area contributed by atoms with E-state index in [1.165, 1.54) is 18.1 Å². The molecule has 1 aliphatic rings. The molecule has 0 bridgehead atoms. The van der Waals surface area contributed by atoms with E-state index < -0.39 is 0 Å². The van der Waals surface area contributed by atoms with Crippen LogP contribution in [0.4, 0.5) is 0 Å². The number of hydrogen-bond donors (Lipinski definition) is 1. The number of aromatic amines is 1. The number of benzene rings is 1. The van der Waals surface area contributed by atoms with E-state index in [1.54, 1.807) is 12.4 Å². The van der Waals surface area contributed by atoms with Crippen molar-refractivity contribution in [1.82, 2.24) is 24.8 Å². The summed E-state index contributed by atoms with van der Waals surface area (Å²) in [6.07, 6.45) is 4.62. The minimum Gasteiger partial charge on any atom is -0.306 e. The van der Waals surface area contributed by atoms with Gasteiger partial charge in [-0.25, -0.2) is 4.98 Å². The highest BCUT2D eigenvalue weighted by Crippen LogP contribution is 2.21. The molecule has 1 saturated heterocycles. The van der Waals surface area contributed by atoms with E-state index in [2.05, 4.69) is 51.0 Å². The van der Waals surface area contributed by atoms with E-state index in [0.29, 0.717) is 17.6 Å². The highest BCUT2D eigenvalue weighted by molar-refractivity contribution is 5.63. The summed E-state index contributed by atoms with van der Waals surface area (Å²) < 4.78 is 0. The van der Waals surface area contributed by atoms with Crippen LogP contribution in [-0.2, 0) is 6.54 Å². The topological polar surface area (TPSA) is 65.1 Å². The number of aromatic nitrogens is 3. The predicted molar refractivity (Wildman–Crippen MR) is 111 cm³/mol. The predicted octanol–water partition coefficient (Wildman–Crippen LogP) is 2.63. The van der Waals surface area contributed by atoms with Crippen molar-refractivity contribution in [3.63, 3.8) is 0 Å². The van der Waals surface area contributed by atoms with Crippen LogP contribution < -0.4 is 5.56 Å². The average molecular weight is 375 g/mol. The number of nitrogens with zero attached hydrogens (tertiary/aromatic N) is 4. The minimum atomic E-state index is -0.160. The van der Waals surface area contributed by atoms with Gasteiger partial charge in [-0.05, 0) is 38.2 Å². The van der Waals surface area contributed by atoms with Crippen LogP contribution in [0.5, 0.6) is 0 Å². The first-order chi connectivity index (χ1) is 13.6. The Morgan fingerprint density at radius 1 is 1.11 bits per heavy atom. The van der Waals surface area contributed by atoms with Gasteiger partial charge in [-0.3, -0.25) is 14.7 Å². The second-order valence-corrected chi connectivity index (χ2v) is 7.55. The maximum Gasteiger partial charge on any atom is 0.251 e. The number of nitrogens with one attached hydrogen (secondary N) is 1. The van der Waals surface area contributed by atoms with E-state index in [1.807, 2.05) is 24.3 Å². The largest absolute Gasteiger partial charge is 0.306 e. The van der Waals surface area contributed by atoms with Gasteiger partial charge >= 0.3 is 0 Å². The molecular formula is C22H25N5O. The summed E-state index contributed by atoms with van der Waals surface area (Å²) in [6.45, 7) is 3.19. The van der Waals surface area contributed by atoms with Gasteiger partial charge in [-0.15, -0.1) is 0 Å². The molecular weight excluding hydrogens is 350 g/mol. The standard InChI is InChI=1S/C22H25N5O/c1-26(2)19-9-12-27(15-19)14-16-3-5-18(6-4-16)22-24-20(13-21(28)25-22)17-7-10-23-11-8-17/h3-8,10-11,13,19H,9,12,14-15H2,1-2H3,(H,24,25,28)/t19-/m1/s1. The minimum absolute atomic E-state index is 0.160. The third-order valence-corrected chi connectivity index (χ3v) is 5.33. The Kier molecular flexibility index (Phi) is 5.32. The molecule has 28 heavy (non-hydrogen) atoms. The van der Waals surface area contributed by atoms with Crippen molar-refractivity contribution in [2.75, 3.05) is 27.2 Å². The molecule has 2 aromatic heterocycles. The molecule has 0 radical (unpaired) electrons. The summed E-state index contributed by atoms with van der Waals surface area (Å²) in [5.74, 6) is 0.583. The van der Waals surface area contributed by atoms with Gasteiger partial charge in [0.1, 0.15) is 5.82 Å². The molecule has 3 aromatic rings. The Morgan fingerprint density at radius 3 is 2.54 bits per heavy atom. The fraction of sp³-hybridized carbons (Fsp3) is 0.318. The van der Waals surface area contributed by atoms with Gasteiger partial charge in [0.2, 0.25) is 0 Å². The lowest BCUT2D eigenvalue weighted by Gasteiger charge is -2.20. The Labute approximate surface area is 164 Å². The van der Waals surface area contributed by atoms with E-state index in [9.17, 15) is 4.79 Å². The molecule has 1 atom stereocenters. The van der Waals surface area contributed by atoms with Gasteiger partial charge in [0, 0.05) is 55.3 Å². The molecule has 6 heteroatoms. The van der Waals surface area contributed by atoms with Gasteiger partial charge < -0.3 is 9.88 Å². The third kappa shape index (κ3) is 4.18. The molecule has 0 unspecified atom stereocenters. The molecule has 3 heterocycles.